The molecule has 4 heteroatoms. The quantitative estimate of drug-likeness (QED) is 0.712. The highest BCUT2D eigenvalue weighted by molar-refractivity contribution is 14.1. The molecular formula is C16H14IN3. The van der Waals surface area contributed by atoms with Crippen LogP contribution in [0, 0.1) is 3.57 Å². The second-order valence-electron chi connectivity index (χ2n) is 4.58. The first-order valence-corrected chi connectivity index (χ1v) is 7.43. The van der Waals surface area contributed by atoms with Gasteiger partial charge in [0.1, 0.15) is 0 Å². The Hall–Kier alpha value is -1.66. The molecule has 0 radical (unpaired) electrons. The van der Waals surface area contributed by atoms with Crippen molar-refractivity contribution < 1.29 is 0 Å². The maximum Gasteiger partial charge on any atom is 0.0645 e. The van der Waals surface area contributed by atoms with Crippen molar-refractivity contribution in [2.75, 3.05) is 0 Å². The van der Waals surface area contributed by atoms with E-state index in [1.807, 2.05) is 47.4 Å². The minimum atomic E-state index is -0.149. The van der Waals surface area contributed by atoms with Crippen molar-refractivity contribution in [1.29, 1.82) is 0 Å². The second-order valence-corrected chi connectivity index (χ2v) is 5.83. The van der Waals surface area contributed by atoms with Crippen LogP contribution in [0.1, 0.15) is 17.2 Å². The molecule has 0 fully saturated rings. The van der Waals surface area contributed by atoms with Crippen molar-refractivity contribution in [3.63, 3.8) is 0 Å². The van der Waals surface area contributed by atoms with E-state index in [0.717, 1.165) is 16.8 Å². The minimum Gasteiger partial charge on any atom is -0.320 e. The molecule has 1 heterocycles. The number of nitrogens with two attached hydrogens (primary N) is 1. The minimum absolute atomic E-state index is 0.149. The first-order chi connectivity index (χ1) is 9.74. The highest BCUT2D eigenvalue weighted by Crippen LogP contribution is 2.21. The van der Waals surface area contributed by atoms with Crippen molar-refractivity contribution >= 4 is 22.6 Å². The van der Waals surface area contributed by atoms with Gasteiger partial charge < -0.3 is 5.73 Å². The summed E-state index contributed by atoms with van der Waals surface area (Å²) < 4.78 is 3.06. The summed E-state index contributed by atoms with van der Waals surface area (Å²) >= 11 is 2.29. The lowest BCUT2D eigenvalue weighted by Gasteiger charge is -2.09. The van der Waals surface area contributed by atoms with E-state index < -0.39 is 0 Å². The first-order valence-electron chi connectivity index (χ1n) is 6.35. The monoisotopic (exact) mass is 375 g/mol. The van der Waals surface area contributed by atoms with Crippen molar-refractivity contribution in [2.24, 2.45) is 5.73 Å². The molecule has 2 N–H and O–H groups in total. The number of hydrogen-bond acceptors (Lipinski definition) is 2. The molecule has 0 aliphatic carbocycles. The Balaban J connectivity index is 1.88. The Kier molecular flexibility index (Phi) is 3.84. The average Bonchev–Trinajstić information content (AvgIpc) is 2.98. The van der Waals surface area contributed by atoms with Gasteiger partial charge in [0.05, 0.1) is 17.9 Å². The van der Waals surface area contributed by atoms with Gasteiger partial charge in [-0.2, -0.15) is 5.10 Å². The molecular weight excluding hydrogens is 361 g/mol. The number of aromatic nitrogens is 2. The number of benzene rings is 2. The summed E-state index contributed by atoms with van der Waals surface area (Å²) in [6.07, 6.45) is 3.81. The largest absolute Gasteiger partial charge is 0.320 e. The fourth-order valence-electron chi connectivity index (χ4n) is 2.08. The molecule has 0 saturated carbocycles. The van der Waals surface area contributed by atoms with Gasteiger partial charge in [0.25, 0.3) is 0 Å². The van der Waals surface area contributed by atoms with Crippen molar-refractivity contribution in [3.8, 4) is 5.69 Å². The second kappa shape index (κ2) is 5.76. The Morgan fingerprint density at radius 1 is 0.950 bits per heavy atom. The van der Waals surface area contributed by atoms with Crippen LogP contribution in [-0.2, 0) is 0 Å². The lowest BCUT2D eigenvalue weighted by Crippen LogP contribution is -2.10. The summed E-state index contributed by atoms with van der Waals surface area (Å²) in [5, 5.41) is 4.39. The van der Waals surface area contributed by atoms with Crippen LogP contribution in [0.3, 0.4) is 0 Å². The van der Waals surface area contributed by atoms with E-state index in [2.05, 4.69) is 52.0 Å². The molecule has 0 amide bonds. The van der Waals surface area contributed by atoms with Gasteiger partial charge in [-0.25, -0.2) is 4.68 Å². The molecule has 100 valence electrons. The van der Waals surface area contributed by atoms with Crippen molar-refractivity contribution in [2.45, 2.75) is 6.04 Å². The number of rotatable bonds is 3. The predicted octanol–water partition coefficient (Wildman–Crippen LogP) is 3.53. The molecule has 3 rings (SSSR count). The number of para-hydroxylation sites is 1. The lowest BCUT2D eigenvalue weighted by molar-refractivity contribution is 0.861. The van der Waals surface area contributed by atoms with E-state index in [0.29, 0.717) is 0 Å². The summed E-state index contributed by atoms with van der Waals surface area (Å²) in [4.78, 5) is 0. The summed E-state index contributed by atoms with van der Waals surface area (Å²) in [5.41, 5.74) is 9.44. The molecule has 1 aromatic heterocycles. The zero-order valence-corrected chi connectivity index (χ0v) is 12.9. The third kappa shape index (κ3) is 2.76. The predicted molar refractivity (Wildman–Crippen MR) is 88.8 cm³/mol. The topological polar surface area (TPSA) is 43.8 Å². The van der Waals surface area contributed by atoms with Gasteiger partial charge in [-0.3, -0.25) is 0 Å². The molecule has 0 aliphatic rings. The van der Waals surface area contributed by atoms with Gasteiger partial charge in [-0.05, 0) is 52.4 Å². The van der Waals surface area contributed by atoms with Crippen LogP contribution in [0.25, 0.3) is 5.69 Å². The maximum absolute atomic E-state index is 6.30. The lowest BCUT2D eigenvalue weighted by atomic mass is 10.0. The van der Waals surface area contributed by atoms with Crippen molar-refractivity contribution in [3.05, 3.63) is 81.7 Å². The third-order valence-electron chi connectivity index (χ3n) is 3.21. The van der Waals surface area contributed by atoms with Crippen LogP contribution >= 0.6 is 22.6 Å². The molecule has 1 unspecified atom stereocenters. The van der Waals surface area contributed by atoms with E-state index in [1.165, 1.54) is 3.57 Å². The maximum atomic E-state index is 6.30. The molecule has 0 saturated heterocycles. The van der Waals surface area contributed by atoms with Crippen LogP contribution in [0.15, 0.2) is 67.0 Å². The smallest absolute Gasteiger partial charge is 0.0645 e. The van der Waals surface area contributed by atoms with Gasteiger partial charge in [0.15, 0.2) is 0 Å². The molecule has 3 nitrogen and oxygen atoms in total. The standard InChI is InChI=1S/C16H14IN3/c17-14-8-6-12(7-9-14)16(18)13-10-19-20(11-13)15-4-2-1-3-5-15/h1-11,16H,18H2. The van der Waals surface area contributed by atoms with Gasteiger partial charge in [0.2, 0.25) is 0 Å². The molecule has 2 aromatic carbocycles. The fourth-order valence-corrected chi connectivity index (χ4v) is 2.44. The molecule has 3 aromatic rings. The molecule has 0 aliphatic heterocycles. The summed E-state index contributed by atoms with van der Waals surface area (Å²) in [5.74, 6) is 0. The van der Waals surface area contributed by atoms with E-state index in [4.69, 9.17) is 5.73 Å². The zero-order valence-electron chi connectivity index (χ0n) is 10.8. The van der Waals surface area contributed by atoms with E-state index >= 15 is 0 Å². The van der Waals surface area contributed by atoms with E-state index in [9.17, 15) is 0 Å². The normalized spacial score (nSPS) is 12.3. The Bertz CT molecular complexity index is 689. The Morgan fingerprint density at radius 2 is 1.65 bits per heavy atom. The SMILES string of the molecule is NC(c1ccc(I)cc1)c1cnn(-c2ccccc2)c1. The highest BCUT2D eigenvalue weighted by atomic mass is 127. The number of nitrogens with zero attached hydrogens (tertiary/aromatic N) is 2. The molecule has 0 bridgehead atoms. The third-order valence-corrected chi connectivity index (χ3v) is 3.93. The van der Waals surface area contributed by atoms with Gasteiger partial charge >= 0.3 is 0 Å². The van der Waals surface area contributed by atoms with E-state index in [-0.39, 0.29) is 6.04 Å². The van der Waals surface area contributed by atoms with Gasteiger partial charge in [0, 0.05) is 15.3 Å². The van der Waals surface area contributed by atoms with Gasteiger partial charge in [-0.15, -0.1) is 0 Å². The van der Waals surface area contributed by atoms with Gasteiger partial charge in [-0.1, -0.05) is 30.3 Å². The van der Waals surface area contributed by atoms with Crippen molar-refractivity contribution in [1.82, 2.24) is 9.78 Å². The van der Waals surface area contributed by atoms with Crippen LogP contribution in [0.5, 0.6) is 0 Å². The van der Waals surface area contributed by atoms with Crippen LogP contribution in [0.2, 0.25) is 0 Å². The molecule has 20 heavy (non-hydrogen) atoms. The number of halogens is 1. The Morgan fingerprint density at radius 3 is 2.35 bits per heavy atom. The van der Waals surface area contributed by atoms with Crippen LogP contribution in [-0.4, -0.2) is 9.78 Å². The molecule has 0 spiro atoms. The molecule has 1 atom stereocenters. The summed E-state index contributed by atoms with van der Waals surface area (Å²) in [6, 6.07) is 18.1. The van der Waals surface area contributed by atoms with Crippen LogP contribution in [0.4, 0.5) is 0 Å². The summed E-state index contributed by atoms with van der Waals surface area (Å²) in [7, 11) is 0. The first kappa shape index (κ1) is 13.3. The van der Waals surface area contributed by atoms with Crippen LogP contribution < -0.4 is 5.73 Å². The highest BCUT2D eigenvalue weighted by Gasteiger charge is 2.11. The zero-order chi connectivity index (χ0) is 13.9. The van der Waals surface area contributed by atoms with E-state index in [1.54, 1.807) is 0 Å². The average molecular weight is 375 g/mol. The fraction of sp³-hybridized carbons (Fsp3) is 0.0625. The number of hydrogen-bond donors (Lipinski definition) is 1. The summed E-state index contributed by atoms with van der Waals surface area (Å²) in [6.45, 7) is 0. The Labute approximate surface area is 131 Å².